The van der Waals surface area contributed by atoms with Gasteiger partial charge in [0.15, 0.2) is 0 Å². The number of amides is 1. The summed E-state index contributed by atoms with van der Waals surface area (Å²) >= 11 is 6.31. The Morgan fingerprint density at radius 3 is 2.44 bits per heavy atom. The molecule has 0 aromatic heterocycles. The number of benzene rings is 2. The number of carbonyl (C=O) groups is 1. The minimum absolute atomic E-state index is 0.0143. The predicted molar refractivity (Wildman–Crippen MR) is 96.9 cm³/mol. The Balaban J connectivity index is 1.79. The van der Waals surface area contributed by atoms with Gasteiger partial charge in [0, 0.05) is 19.6 Å². The number of halogens is 4. The third kappa shape index (κ3) is 4.47. The third-order valence-corrected chi connectivity index (χ3v) is 4.89. The minimum atomic E-state index is -4.87. The van der Waals surface area contributed by atoms with Gasteiger partial charge in [-0.25, -0.2) is 0 Å². The first kappa shape index (κ1) is 19.4. The van der Waals surface area contributed by atoms with Gasteiger partial charge in [0.2, 0.25) is 0 Å². The number of phenols is 1. The molecule has 144 valence electrons. The van der Waals surface area contributed by atoms with Crippen LogP contribution >= 0.6 is 11.6 Å². The fraction of sp³-hybridized carbons (Fsp3) is 0.316. The molecule has 1 heterocycles. The van der Waals surface area contributed by atoms with Crippen LogP contribution in [0.15, 0.2) is 36.4 Å². The number of aromatic hydroxyl groups is 1. The molecule has 3 rings (SSSR count). The second kappa shape index (κ2) is 7.68. The molecule has 0 aliphatic carbocycles. The summed E-state index contributed by atoms with van der Waals surface area (Å²) in [7, 11) is 0. The summed E-state index contributed by atoms with van der Waals surface area (Å²) in [5.41, 5.74) is 3.30. The number of anilines is 1. The highest BCUT2D eigenvalue weighted by molar-refractivity contribution is 6.33. The first-order valence-electron chi connectivity index (χ1n) is 8.44. The molecule has 0 saturated carbocycles. The topological polar surface area (TPSA) is 52.6 Å². The highest BCUT2D eigenvalue weighted by atomic mass is 35.5. The average molecular weight is 399 g/mol. The molecule has 1 aliphatic heterocycles. The zero-order chi connectivity index (χ0) is 19.6. The van der Waals surface area contributed by atoms with E-state index in [0.29, 0.717) is 23.7 Å². The maximum atomic E-state index is 12.7. The van der Waals surface area contributed by atoms with Crippen LogP contribution in [0.1, 0.15) is 16.7 Å². The molecule has 0 atom stereocenters. The van der Waals surface area contributed by atoms with Gasteiger partial charge in [0.1, 0.15) is 5.75 Å². The molecule has 0 saturated heterocycles. The van der Waals surface area contributed by atoms with Crippen LogP contribution in [0, 0.1) is 0 Å². The van der Waals surface area contributed by atoms with E-state index >= 15 is 0 Å². The largest absolute Gasteiger partial charge is 0.508 e. The van der Waals surface area contributed by atoms with E-state index in [2.05, 4.69) is 5.32 Å². The Hall–Kier alpha value is -2.41. The van der Waals surface area contributed by atoms with Gasteiger partial charge in [-0.15, -0.1) is 0 Å². The van der Waals surface area contributed by atoms with E-state index in [9.17, 15) is 23.1 Å². The van der Waals surface area contributed by atoms with E-state index in [1.54, 1.807) is 36.4 Å². The van der Waals surface area contributed by atoms with Crippen molar-refractivity contribution < 1.29 is 23.1 Å². The molecule has 0 fully saturated rings. The van der Waals surface area contributed by atoms with Gasteiger partial charge in [-0.05, 0) is 47.7 Å². The summed E-state index contributed by atoms with van der Waals surface area (Å²) in [6.07, 6.45) is -4.24. The van der Waals surface area contributed by atoms with Gasteiger partial charge in [-0.3, -0.25) is 4.79 Å². The number of phenolic OH excluding ortho intramolecular Hbond substituents is 1. The van der Waals surface area contributed by atoms with Gasteiger partial charge in [-0.2, -0.15) is 13.2 Å². The zero-order valence-corrected chi connectivity index (χ0v) is 15.1. The number of nitrogens with one attached hydrogen (secondary N) is 1. The van der Waals surface area contributed by atoms with Crippen molar-refractivity contribution in [1.82, 2.24) is 4.90 Å². The summed E-state index contributed by atoms with van der Waals surface area (Å²) in [5.74, 6) is -1.64. The zero-order valence-electron chi connectivity index (χ0n) is 14.3. The summed E-state index contributed by atoms with van der Waals surface area (Å²) in [6, 6.07) is 10.2. The Labute approximate surface area is 159 Å². The number of hydrogen-bond donors (Lipinski definition) is 2. The van der Waals surface area contributed by atoms with E-state index in [-0.39, 0.29) is 25.3 Å². The van der Waals surface area contributed by atoms with Crippen molar-refractivity contribution in [2.24, 2.45) is 0 Å². The van der Waals surface area contributed by atoms with E-state index in [4.69, 9.17) is 11.6 Å². The quantitative estimate of drug-likeness (QED) is 0.816. The summed E-state index contributed by atoms with van der Waals surface area (Å²) in [6.45, 7) is 0.450. The van der Waals surface area contributed by atoms with E-state index in [1.165, 1.54) is 0 Å². The van der Waals surface area contributed by atoms with Crippen LogP contribution < -0.4 is 5.32 Å². The number of fused-ring (bicyclic) bond motifs is 1. The summed E-state index contributed by atoms with van der Waals surface area (Å²) < 4.78 is 38.2. The van der Waals surface area contributed by atoms with Crippen molar-refractivity contribution in [2.75, 3.05) is 18.4 Å². The number of alkyl halides is 3. The molecule has 2 aromatic rings. The number of carbonyl (C=O) groups excluding carboxylic acids is 1. The lowest BCUT2D eigenvalue weighted by Crippen LogP contribution is -2.42. The van der Waals surface area contributed by atoms with Crippen molar-refractivity contribution in [1.29, 1.82) is 0 Å². The highest BCUT2D eigenvalue weighted by Gasteiger charge is 2.42. The molecule has 2 N–H and O–H groups in total. The molecular formula is C19H18ClF3N2O2. The number of hydrogen-bond acceptors (Lipinski definition) is 3. The number of nitrogens with zero attached hydrogens (tertiary/aromatic N) is 1. The standard InChI is InChI=1S/C19H18ClF3N2O2/c20-16-6-3-13-7-9-25(18(27)19(21,22)23)10-8-15(13)17(16)24-11-12-1-4-14(26)5-2-12/h1-6,24,26H,7-11H2. The van der Waals surface area contributed by atoms with Gasteiger partial charge >= 0.3 is 12.1 Å². The lowest BCUT2D eigenvalue weighted by molar-refractivity contribution is -0.185. The second-order valence-corrected chi connectivity index (χ2v) is 6.78. The molecule has 27 heavy (non-hydrogen) atoms. The normalized spacial score (nSPS) is 14.4. The van der Waals surface area contributed by atoms with Crippen molar-refractivity contribution in [3.63, 3.8) is 0 Å². The maximum Gasteiger partial charge on any atom is 0.471 e. The third-order valence-electron chi connectivity index (χ3n) is 4.58. The lowest BCUT2D eigenvalue weighted by atomic mass is 10.0. The molecule has 2 aromatic carbocycles. The Kier molecular flexibility index (Phi) is 5.51. The molecule has 0 bridgehead atoms. The summed E-state index contributed by atoms with van der Waals surface area (Å²) in [4.78, 5) is 12.4. The Morgan fingerprint density at radius 2 is 1.78 bits per heavy atom. The van der Waals surface area contributed by atoms with Crippen LogP contribution in [0.5, 0.6) is 5.75 Å². The van der Waals surface area contributed by atoms with Crippen LogP contribution in [0.4, 0.5) is 18.9 Å². The van der Waals surface area contributed by atoms with Gasteiger partial charge in [0.25, 0.3) is 0 Å². The number of rotatable bonds is 3. The van der Waals surface area contributed by atoms with E-state index in [0.717, 1.165) is 21.6 Å². The van der Waals surface area contributed by atoms with Crippen LogP contribution in [0.2, 0.25) is 5.02 Å². The maximum absolute atomic E-state index is 12.7. The van der Waals surface area contributed by atoms with Crippen molar-refractivity contribution in [3.05, 3.63) is 58.1 Å². The summed E-state index contributed by atoms with van der Waals surface area (Å²) in [5, 5.41) is 13.1. The van der Waals surface area contributed by atoms with E-state index in [1.807, 2.05) is 0 Å². The predicted octanol–water partition coefficient (Wildman–Crippen LogP) is 4.15. The Morgan fingerprint density at radius 1 is 1.11 bits per heavy atom. The smallest absolute Gasteiger partial charge is 0.471 e. The van der Waals surface area contributed by atoms with Gasteiger partial charge in [-0.1, -0.05) is 29.8 Å². The molecule has 1 amide bonds. The first-order chi connectivity index (χ1) is 12.8. The highest BCUT2D eigenvalue weighted by Crippen LogP contribution is 2.32. The van der Waals surface area contributed by atoms with Crippen molar-refractivity contribution in [2.45, 2.75) is 25.6 Å². The molecule has 0 radical (unpaired) electrons. The SMILES string of the molecule is O=C(N1CCc2ccc(Cl)c(NCc3ccc(O)cc3)c2CC1)C(F)(F)F. The average Bonchev–Trinajstić information content (AvgIpc) is 2.83. The van der Waals surface area contributed by atoms with Crippen LogP contribution in [0.25, 0.3) is 0 Å². The second-order valence-electron chi connectivity index (χ2n) is 6.37. The molecule has 8 heteroatoms. The fourth-order valence-corrected chi connectivity index (χ4v) is 3.42. The molecule has 1 aliphatic rings. The van der Waals surface area contributed by atoms with Crippen LogP contribution in [-0.2, 0) is 24.2 Å². The first-order valence-corrected chi connectivity index (χ1v) is 8.81. The molecular weight excluding hydrogens is 381 g/mol. The monoisotopic (exact) mass is 398 g/mol. The molecule has 4 nitrogen and oxygen atoms in total. The van der Waals surface area contributed by atoms with Crippen molar-refractivity contribution in [3.8, 4) is 5.75 Å². The molecule has 0 spiro atoms. The fourth-order valence-electron chi connectivity index (χ4n) is 3.17. The van der Waals surface area contributed by atoms with Gasteiger partial charge in [0.05, 0.1) is 10.7 Å². The van der Waals surface area contributed by atoms with Crippen LogP contribution in [-0.4, -0.2) is 35.2 Å². The van der Waals surface area contributed by atoms with Crippen molar-refractivity contribution >= 4 is 23.2 Å². The lowest BCUT2D eigenvalue weighted by Gasteiger charge is -2.21. The molecule has 0 unspecified atom stereocenters. The van der Waals surface area contributed by atoms with Gasteiger partial charge < -0.3 is 15.3 Å². The minimum Gasteiger partial charge on any atom is -0.508 e. The van der Waals surface area contributed by atoms with Crippen LogP contribution in [0.3, 0.4) is 0 Å². The Bertz CT molecular complexity index is 838. The van der Waals surface area contributed by atoms with E-state index < -0.39 is 12.1 Å².